The van der Waals surface area contributed by atoms with E-state index in [9.17, 15) is 0 Å². The second-order valence-electron chi connectivity index (χ2n) is 5.54. The fraction of sp³-hybridized carbons (Fsp3) is 0.353. The minimum absolute atomic E-state index is 0.772. The van der Waals surface area contributed by atoms with E-state index in [-0.39, 0.29) is 0 Å². The average Bonchev–Trinajstić information content (AvgIpc) is 2.74. The number of nitrogen functional groups attached to an aromatic ring is 1. The molecule has 1 aliphatic rings. The van der Waals surface area contributed by atoms with Crippen LogP contribution in [0.2, 0.25) is 0 Å². The Hall–Kier alpha value is -2.07. The van der Waals surface area contributed by atoms with Gasteiger partial charge >= 0.3 is 0 Å². The van der Waals surface area contributed by atoms with Crippen molar-refractivity contribution in [2.45, 2.75) is 13.0 Å². The molecule has 4 heteroatoms. The van der Waals surface area contributed by atoms with Gasteiger partial charge in [-0.25, -0.2) is 0 Å². The zero-order valence-electron chi connectivity index (χ0n) is 12.3. The zero-order chi connectivity index (χ0) is 14.5. The Morgan fingerprint density at radius 3 is 2.67 bits per heavy atom. The lowest BCUT2D eigenvalue weighted by atomic mass is 10.2. The molecule has 2 N–H and O–H groups in total. The fourth-order valence-corrected chi connectivity index (χ4v) is 2.90. The molecule has 1 fully saturated rings. The van der Waals surface area contributed by atoms with E-state index in [0.29, 0.717) is 0 Å². The van der Waals surface area contributed by atoms with Crippen LogP contribution < -0.4 is 10.6 Å². The van der Waals surface area contributed by atoms with Crippen LogP contribution in [-0.2, 0) is 6.54 Å². The summed E-state index contributed by atoms with van der Waals surface area (Å²) >= 11 is 0. The smallest absolute Gasteiger partial charge is 0.0738 e. The van der Waals surface area contributed by atoms with E-state index in [0.717, 1.165) is 50.5 Å². The SMILES string of the molecule is Nc1cnccc1N1CCCN(Cc2ccccc2)CC1. The van der Waals surface area contributed by atoms with Gasteiger partial charge in [-0.3, -0.25) is 9.88 Å². The first-order valence-electron chi connectivity index (χ1n) is 7.53. The summed E-state index contributed by atoms with van der Waals surface area (Å²) in [7, 11) is 0. The standard InChI is InChI=1S/C17H22N4/c18-16-13-19-8-7-17(16)21-10-4-9-20(11-12-21)14-15-5-2-1-3-6-15/h1-3,5-8,13H,4,9-12,14,18H2. The summed E-state index contributed by atoms with van der Waals surface area (Å²) in [6, 6.07) is 12.7. The number of pyridine rings is 1. The van der Waals surface area contributed by atoms with Crippen LogP contribution in [-0.4, -0.2) is 36.1 Å². The Morgan fingerprint density at radius 2 is 1.86 bits per heavy atom. The minimum Gasteiger partial charge on any atom is -0.396 e. The van der Waals surface area contributed by atoms with Gasteiger partial charge in [0, 0.05) is 38.9 Å². The first-order chi connectivity index (χ1) is 10.3. The van der Waals surface area contributed by atoms with Crippen LogP contribution in [0.1, 0.15) is 12.0 Å². The molecule has 110 valence electrons. The first-order valence-corrected chi connectivity index (χ1v) is 7.53. The third-order valence-electron chi connectivity index (χ3n) is 4.01. The first kappa shape index (κ1) is 13.9. The number of nitrogens with zero attached hydrogens (tertiary/aromatic N) is 3. The molecule has 1 aromatic heterocycles. The van der Waals surface area contributed by atoms with E-state index < -0.39 is 0 Å². The lowest BCUT2D eigenvalue weighted by Gasteiger charge is -2.24. The van der Waals surface area contributed by atoms with E-state index in [2.05, 4.69) is 45.1 Å². The van der Waals surface area contributed by atoms with Crippen LogP contribution in [0, 0.1) is 0 Å². The van der Waals surface area contributed by atoms with Crippen molar-refractivity contribution in [3.8, 4) is 0 Å². The third-order valence-corrected chi connectivity index (χ3v) is 4.01. The predicted octanol–water partition coefficient (Wildman–Crippen LogP) is 2.38. The highest BCUT2D eigenvalue weighted by Crippen LogP contribution is 2.22. The summed E-state index contributed by atoms with van der Waals surface area (Å²) < 4.78 is 0. The second-order valence-corrected chi connectivity index (χ2v) is 5.54. The van der Waals surface area contributed by atoms with Crippen molar-refractivity contribution in [3.63, 3.8) is 0 Å². The monoisotopic (exact) mass is 282 g/mol. The van der Waals surface area contributed by atoms with E-state index in [1.807, 2.05) is 12.3 Å². The van der Waals surface area contributed by atoms with Crippen LogP contribution in [0.25, 0.3) is 0 Å². The van der Waals surface area contributed by atoms with Gasteiger partial charge in [0.2, 0.25) is 0 Å². The maximum absolute atomic E-state index is 6.04. The molecule has 4 nitrogen and oxygen atoms in total. The van der Waals surface area contributed by atoms with Gasteiger partial charge in [0.25, 0.3) is 0 Å². The van der Waals surface area contributed by atoms with Crippen LogP contribution in [0.5, 0.6) is 0 Å². The Bertz CT molecular complexity index is 570. The maximum Gasteiger partial charge on any atom is 0.0738 e. The molecule has 0 amide bonds. The van der Waals surface area contributed by atoms with Crippen LogP contribution in [0.4, 0.5) is 11.4 Å². The van der Waals surface area contributed by atoms with E-state index >= 15 is 0 Å². The van der Waals surface area contributed by atoms with Gasteiger partial charge in [-0.2, -0.15) is 0 Å². The molecule has 0 bridgehead atoms. The Morgan fingerprint density at radius 1 is 1.00 bits per heavy atom. The summed E-state index contributed by atoms with van der Waals surface area (Å²) in [5.41, 5.74) is 9.32. The molecule has 0 unspecified atom stereocenters. The number of benzene rings is 1. The Labute approximate surface area is 126 Å². The highest BCUT2D eigenvalue weighted by Gasteiger charge is 2.16. The number of hydrogen-bond acceptors (Lipinski definition) is 4. The molecule has 0 atom stereocenters. The molecular weight excluding hydrogens is 260 g/mol. The van der Waals surface area contributed by atoms with Crippen molar-refractivity contribution in [1.82, 2.24) is 9.88 Å². The van der Waals surface area contributed by atoms with Crippen LogP contribution >= 0.6 is 0 Å². The van der Waals surface area contributed by atoms with Gasteiger partial charge in [0.15, 0.2) is 0 Å². The molecule has 1 aliphatic heterocycles. The topological polar surface area (TPSA) is 45.4 Å². The van der Waals surface area contributed by atoms with E-state index in [4.69, 9.17) is 5.73 Å². The van der Waals surface area contributed by atoms with Crippen molar-refractivity contribution >= 4 is 11.4 Å². The molecule has 2 heterocycles. The van der Waals surface area contributed by atoms with Crippen molar-refractivity contribution < 1.29 is 0 Å². The number of aromatic nitrogens is 1. The number of hydrogen-bond donors (Lipinski definition) is 1. The minimum atomic E-state index is 0.772. The van der Waals surface area contributed by atoms with E-state index in [1.165, 1.54) is 5.56 Å². The lowest BCUT2D eigenvalue weighted by molar-refractivity contribution is 0.285. The zero-order valence-corrected chi connectivity index (χ0v) is 12.3. The molecule has 0 spiro atoms. The number of anilines is 2. The molecule has 1 saturated heterocycles. The fourth-order valence-electron chi connectivity index (χ4n) is 2.90. The van der Waals surface area contributed by atoms with Gasteiger partial charge in [-0.15, -0.1) is 0 Å². The molecule has 0 aliphatic carbocycles. The van der Waals surface area contributed by atoms with Crippen LogP contribution in [0.3, 0.4) is 0 Å². The molecule has 0 radical (unpaired) electrons. The molecule has 3 rings (SSSR count). The Balaban J connectivity index is 1.63. The van der Waals surface area contributed by atoms with E-state index in [1.54, 1.807) is 6.20 Å². The highest BCUT2D eigenvalue weighted by atomic mass is 15.2. The Kier molecular flexibility index (Phi) is 4.36. The predicted molar refractivity (Wildman–Crippen MR) is 87.2 cm³/mol. The number of nitrogens with two attached hydrogens (primary N) is 1. The van der Waals surface area contributed by atoms with Crippen molar-refractivity contribution in [2.24, 2.45) is 0 Å². The van der Waals surface area contributed by atoms with Gasteiger partial charge < -0.3 is 10.6 Å². The van der Waals surface area contributed by atoms with Crippen LogP contribution in [0.15, 0.2) is 48.8 Å². The second kappa shape index (κ2) is 6.59. The van der Waals surface area contributed by atoms with Gasteiger partial charge in [-0.1, -0.05) is 30.3 Å². The summed E-state index contributed by atoms with van der Waals surface area (Å²) in [5, 5.41) is 0. The normalized spacial score (nSPS) is 16.7. The maximum atomic E-state index is 6.04. The molecule has 0 saturated carbocycles. The third kappa shape index (κ3) is 3.52. The summed E-state index contributed by atoms with van der Waals surface area (Å²) in [6.45, 7) is 5.30. The van der Waals surface area contributed by atoms with Gasteiger partial charge in [0.1, 0.15) is 0 Å². The quantitative estimate of drug-likeness (QED) is 0.939. The molecule has 2 aromatic rings. The van der Waals surface area contributed by atoms with Gasteiger partial charge in [0.05, 0.1) is 17.6 Å². The molecule has 1 aromatic carbocycles. The molecule has 21 heavy (non-hydrogen) atoms. The summed E-state index contributed by atoms with van der Waals surface area (Å²) in [6.07, 6.45) is 4.72. The van der Waals surface area contributed by atoms with Crippen molar-refractivity contribution in [1.29, 1.82) is 0 Å². The largest absolute Gasteiger partial charge is 0.396 e. The number of rotatable bonds is 3. The highest BCUT2D eigenvalue weighted by molar-refractivity contribution is 5.65. The molecular formula is C17H22N4. The summed E-state index contributed by atoms with van der Waals surface area (Å²) in [5.74, 6) is 0. The average molecular weight is 282 g/mol. The van der Waals surface area contributed by atoms with Gasteiger partial charge in [-0.05, 0) is 18.1 Å². The van der Waals surface area contributed by atoms with Crippen molar-refractivity contribution in [2.75, 3.05) is 36.8 Å². The summed E-state index contributed by atoms with van der Waals surface area (Å²) in [4.78, 5) is 8.97. The van der Waals surface area contributed by atoms with Crippen molar-refractivity contribution in [3.05, 3.63) is 54.4 Å². The lowest BCUT2D eigenvalue weighted by Crippen LogP contribution is -2.30.